The highest BCUT2D eigenvalue weighted by molar-refractivity contribution is 9.10. The van der Waals surface area contributed by atoms with Gasteiger partial charge >= 0.3 is 0 Å². The first-order chi connectivity index (χ1) is 10.7. The summed E-state index contributed by atoms with van der Waals surface area (Å²) in [5.41, 5.74) is 2.21. The molecule has 2 aromatic rings. The number of rotatable bonds is 4. The van der Waals surface area contributed by atoms with Crippen LogP contribution in [0.15, 0.2) is 45.6 Å². The summed E-state index contributed by atoms with van der Waals surface area (Å²) in [5, 5.41) is 3.60. The van der Waals surface area contributed by atoms with E-state index in [9.17, 15) is 0 Å². The minimum absolute atomic E-state index is 0.313. The fraction of sp³-hybridized carbons (Fsp3) is 0.375. The summed E-state index contributed by atoms with van der Waals surface area (Å²) >= 11 is 6.86. The number of hydrogen-bond donors (Lipinski definition) is 1. The molecule has 1 N–H and O–H groups in total. The van der Waals surface area contributed by atoms with Crippen molar-refractivity contribution in [1.82, 2.24) is 20.2 Å². The van der Waals surface area contributed by atoms with Gasteiger partial charge in [0, 0.05) is 46.5 Å². The summed E-state index contributed by atoms with van der Waals surface area (Å²) < 4.78 is 2.03. The number of nitrogens with zero attached hydrogens (tertiary/aromatic N) is 3. The molecule has 0 aromatic carbocycles. The summed E-state index contributed by atoms with van der Waals surface area (Å²) in [6.07, 6.45) is 6.11. The van der Waals surface area contributed by atoms with Gasteiger partial charge in [0.2, 0.25) is 0 Å². The number of pyridine rings is 2. The zero-order valence-electron chi connectivity index (χ0n) is 12.2. The van der Waals surface area contributed by atoms with Crippen molar-refractivity contribution in [2.24, 2.45) is 0 Å². The second kappa shape index (κ2) is 7.64. The first kappa shape index (κ1) is 16.1. The van der Waals surface area contributed by atoms with Crippen LogP contribution >= 0.6 is 31.9 Å². The van der Waals surface area contributed by atoms with Crippen LogP contribution in [0.3, 0.4) is 0 Å². The molecule has 0 amide bonds. The first-order valence-corrected chi connectivity index (χ1v) is 8.97. The maximum absolute atomic E-state index is 4.49. The molecule has 4 nitrogen and oxygen atoms in total. The molecule has 6 heteroatoms. The molecule has 3 rings (SSSR count). The summed E-state index contributed by atoms with van der Waals surface area (Å²) in [6, 6.07) is 8.25. The van der Waals surface area contributed by atoms with Crippen LogP contribution in [0.2, 0.25) is 0 Å². The third kappa shape index (κ3) is 4.35. The highest BCUT2D eigenvalue weighted by atomic mass is 79.9. The van der Waals surface area contributed by atoms with Crippen LogP contribution in [-0.4, -0.2) is 34.1 Å². The van der Waals surface area contributed by atoms with Gasteiger partial charge in [0.1, 0.15) is 0 Å². The van der Waals surface area contributed by atoms with E-state index in [2.05, 4.69) is 64.2 Å². The summed E-state index contributed by atoms with van der Waals surface area (Å²) in [6.45, 7) is 3.01. The van der Waals surface area contributed by atoms with E-state index in [4.69, 9.17) is 0 Å². The largest absolute Gasteiger partial charge is 0.301 e. The van der Waals surface area contributed by atoms with Crippen LogP contribution in [0.4, 0.5) is 0 Å². The van der Waals surface area contributed by atoms with E-state index in [0.717, 1.165) is 46.4 Å². The Bertz CT molecular complexity index is 545. The number of hydrogen-bond acceptors (Lipinski definition) is 4. The Hall–Kier alpha value is -0.820. The second-order valence-corrected chi connectivity index (χ2v) is 7.26. The Labute approximate surface area is 147 Å². The average Bonchev–Trinajstić information content (AvgIpc) is 2.54. The maximum Gasteiger partial charge on any atom is 0.0657 e. The second-order valence-electron chi connectivity index (χ2n) is 5.43. The molecule has 0 bridgehead atoms. The minimum atomic E-state index is 0.313. The van der Waals surface area contributed by atoms with E-state index >= 15 is 0 Å². The molecule has 1 unspecified atom stereocenters. The summed E-state index contributed by atoms with van der Waals surface area (Å²) in [7, 11) is 0. The molecule has 116 valence electrons. The summed E-state index contributed by atoms with van der Waals surface area (Å²) in [4.78, 5) is 11.4. The zero-order valence-corrected chi connectivity index (χ0v) is 15.3. The molecular formula is C16H18Br2N4. The fourth-order valence-corrected chi connectivity index (χ4v) is 3.13. The molecule has 0 spiro atoms. The third-order valence-corrected chi connectivity index (χ3v) is 4.73. The van der Waals surface area contributed by atoms with Gasteiger partial charge in [0.15, 0.2) is 0 Å². The van der Waals surface area contributed by atoms with Gasteiger partial charge in [-0.3, -0.25) is 14.9 Å². The first-order valence-electron chi connectivity index (χ1n) is 7.39. The predicted octanol–water partition coefficient (Wildman–Crippen LogP) is 3.37. The molecule has 3 heterocycles. The maximum atomic E-state index is 4.49. The lowest BCUT2D eigenvalue weighted by Crippen LogP contribution is -2.52. The standard InChI is InChI=1S/C16H18Br2N4/c17-12-2-4-14(20-9-12)8-16-19-6-1-7-22(16)11-15-5-3-13(18)10-21-15/h2-5,9-10,16,19H,1,6-8,11H2. The van der Waals surface area contributed by atoms with Crippen molar-refractivity contribution in [3.05, 3.63) is 57.0 Å². The van der Waals surface area contributed by atoms with Gasteiger partial charge in [-0.25, -0.2) is 0 Å². The minimum Gasteiger partial charge on any atom is -0.301 e. The Morgan fingerprint density at radius 3 is 2.36 bits per heavy atom. The van der Waals surface area contributed by atoms with Gasteiger partial charge in [-0.15, -0.1) is 0 Å². The van der Waals surface area contributed by atoms with E-state index in [1.165, 1.54) is 6.42 Å². The topological polar surface area (TPSA) is 41.0 Å². The van der Waals surface area contributed by atoms with E-state index < -0.39 is 0 Å². The molecule has 1 saturated heterocycles. The molecule has 1 aliphatic heterocycles. The van der Waals surface area contributed by atoms with Gasteiger partial charge in [-0.2, -0.15) is 0 Å². The fourth-order valence-electron chi connectivity index (χ4n) is 2.66. The van der Waals surface area contributed by atoms with Crippen LogP contribution < -0.4 is 5.32 Å². The normalized spacial score (nSPS) is 19.3. The van der Waals surface area contributed by atoms with Gasteiger partial charge in [0.25, 0.3) is 0 Å². The van der Waals surface area contributed by atoms with Crippen LogP contribution in [0.25, 0.3) is 0 Å². The van der Waals surface area contributed by atoms with Gasteiger partial charge in [-0.05, 0) is 69.1 Å². The van der Waals surface area contributed by atoms with Crippen LogP contribution in [0.1, 0.15) is 17.8 Å². The van der Waals surface area contributed by atoms with E-state index in [-0.39, 0.29) is 0 Å². The average molecular weight is 426 g/mol. The molecule has 0 saturated carbocycles. The Balaban J connectivity index is 1.68. The van der Waals surface area contributed by atoms with Crippen molar-refractivity contribution in [3.8, 4) is 0 Å². The van der Waals surface area contributed by atoms with E-state index in [0.29, 0.717) is 6.17 Å². The van der Waals surface area contributed by atoms with Crippen molar-refractivity contribution in [1.29, 1.82) is 0 Å². The summed E-state index contributed by atoms with van der Waals surface area (Å²) in [5.74, 6) is 0. The number of nitrogens with one attached hydrogen (secondary N) is 1. The van der Waals surface area contributed by atoms with Gasteiger partial charge < -0.3 is 5.32 Å². The SMILES string of the molecule is Brc1ccc(CC2NCCCN2Cc2ccc(Br)cn2)nc1. The van der Waals surface area contributed by atoms with E-state index in [1.807, 2.05) is 24.5 Å². The lowest BCUT2D eigenvalue weighted by Gasteiger charge is -2.36. The van der Waals surface area contributed by atoms with Crippen molar-refractivity contribution in [2.75, 3.05) is 13.1 Å². The Kier molecular flexibility index (Phi) is 5.57. The third-order valence-electron chi connectivity index (χ3n) is 3.79. The van der Waals surface area contributed by atoms with Crippen molar-refractivity contribution >= 4 is 31.9 Å². The quantitative estimate of drug-likeness (QED) is 0.815. The van der Waals surface area contributed by atoms with Crippen molar-refractivity contribution in [3.63, 3.8) is 0 Å². The molecule has 0 aliphatic carbocycles. The Morgan fingerprint density at radius 2 is 1.73 bits per heavy atom. The lowest BCUT2D eigenvalue weighted by molar-refractivity contribution is 0.120. The number of halogens is 2. The van der Waals surface area contributed by atoms with Crippen molar-refractivity contribution in [2.45, 2.75) is 25.6 Å². The van der Waals surface area contributed by atoms with Crippen LogP contribution in [-0.2, 0) is 13.0 Å². The highest BCUT2D eigenvalue weighted by Crippen LogP contribution is 2.16. The molecule has 0 radical (unpaired) electrons. The molecule has 1 atom stereocenters. The highest BCUT2D eigenvalue weighted by Gasteiger charge is 2.22. The number of aromatic nitrogens is 2. The van der Waals surface area contributed by atoms with Gasteiger partial charge in [0.05, 0.1) is 11.9 Å². The Morgan fingerprint density at radius 1 is 1.05 bits per heavy atom. The molecule has 2 aromatic heterocycles. The molecule has 1 fully saturated rings. The molecule has 1 aliphatic rings. The molecular weight excluding hydrogens is 408 g/mol. The van der Waals surface area contributed by atoms with E-state index in [1.54, 1.807) is 0 Å². The van der Waals surface area contributed by atoms with Crippen LogP contribution in [0, 0.1) is 0 Å². The smallest absolute Gasteiger partial charge is 0.0657 e. The lowest BCUT2D eigenvalue weighted by atomic mass is 10.1. The predicted molar refractivity (Wildman–Crippen MR) is 94.4 cm³/mol. The zero-order chi connectivity index (χ0) is 15.4. The van der Waals surface area contributed by atoms with Crippen LogP contribution in [0.5, 0.6) is 0 Å². The van der Waals surface area contributed by atoms with Gasteiger partial charge in [-0.1, -0.05) is 0 Å². The monoisotopic (exact) mass is 424 g/mol. The molecule has 22 heavy (non-hydrogen) atoms. The van der Waals surface area contributed by atoms with Crippen molar-refractivity contribution < 1.29 is 0 Å².